The van der Waals surface area contributed by atoms with E-state index in [2.05, 4.69) is 57.7 Å². The van der Waals surface area contributed by atoms with Crippen LogP contribution in [0.4, 0.5) is 11.4 Å². The molecule has 222 valence electrons. The van der Waals surface area contributed by atoms with Crippen LogP contribution in [0.25, 0.3) is 10.9 Å². The molecule has 3 aliphatic rings. The molecule has 1 aliphatic carbocycles. The summed E-state index contributed by atoms with van der Waals surface area (Å²) >= 11 is 13.5. The first-order chi connectivity index (χ1) is 21.1. The molecule has 2 aliphatic heterocycles. The molecule has 0 spiro atoms. The number of pyridine rings is 1. The molecule has 2 aromatic carbocycles. The Morgan fingerprint density at radius 1 is 1.16 bits per heavy atom. The summed E-state index contributed by atoms with van der Waals surface area (Å²) < 4.78 is 17.2. The Morgan fingerprint density at radius 3 is 2.60 bits per heavy atom. The van der Waals surface area contributed by atoms with Crippen LogP contribution in [0.3, 0.4) is 0 Å². The minimum absolute atomic E-state index is 0.0296. The molecule has 4 atom stereocenters. The predicted octanol–water partition coefficient (Wildman–Crippen LogP) is 6.17. The summed E-state index contributed by atoms with van der Waals surface area (Å²) in [5, 5.41) is 27.3. The lowest BCUT2D eigenvalue weighted by atomic mass is 9.96. The molecular weight excluding hydrogens is 583 g/mol. The zero-order chi connectivity index (χ0) is 30.8. The SMILES string of the molecule is [2H]C(Nc1cc(Cl)c2ncc(C#N)c(NCC(C)(C)C)c2c1)(c1cn([C@@H]2[C@@H]3CN(C4COC4)C[C@@H]32)nn1)c1ccccc1Cl. The van der Waals surface area contributed by atoms with Crippen molar-refractivity contribution < 1.29 is 6.11 Å². The van der Waals surface area contributed by atoms with E-state index in [4.69, 9.17) is 27.9 Å². The van der Waals surface area contributed by atoms with Crippen LogP contribution in [0.2, 0.25) is 10.0 Å². The molecule has 9 nitrogen and oxygen atoms in total. The van der Waals surface area contributed by atoms with E-state index in [0.717, 1.165) is 26.3 Å². The molecule has 2 saturated heterocycles. The Morgan fingerprint density at radius 2 is 1.93 bits per heavy atom. The molecule has 7 rings (SSSR count). The van der Waals surface area contributed by atoms with E-state index in [-0.39, 0.29) is 11.5 Å². The van der Waals surface area contributed by atoms with Crippen LogP contribution in [-0.2, 0) is 4.74 Å². The van der Waals surface area contributed by atoms with Crippen LogP contribution in [0.5, 0.6) is 0 Å². The molecule has 4 heterocycles. The van der Waals surface area contributed by atoms with Crippen molar-refractivity contribution in [3.05, 3.63) is 75.7 Å². The number of fused-ring (bicyclic) bond motifs is 2. The zero-order valence-electron chi connectivity index (χ0n) is 25.3. The number of benzene rings is 2. The molecule has 1 saturated carbocycles. The van der Waals surface area contributed by atoms with Crippen LogP contribution >= 0.6 is 23.2 Å². The minimum atomic E-state index is -1.59. The van der Waals surface area contributed by atoms with Crippen molar-refractivity contribution in [1.29, 1.82) is 5.26 Å². The number of anilines is 2. The first-order valence-corrected chi connectivity index (χ1v) is 15.3. The second kappa shape index (κ2) is 10.9. The zero-order valence-corrected chi connectivity index (χ0v) is 25.8. The number of hydrogen-bond donors (Lipinski definition) is 2. The Kier molecular flexibility index (Phi) is 6.91. The van der Waals surface area contributed by atoms with E-state index in [0.29, 0.717) is 73.6 Å². The fourth-order valence-electron chi connectivity index (χ4n) is 6.23. The lowest BCUT2D eigenvalue weighted by Gasteiger charge is -2.35. The monoisotopic (exact) mass is 617 g/mol. The van der Waals surface area contributed by atoms with Gasteiger partial charge in [-0.25, -0.2) is 4.68 Å². The standard InChI is InChI=1S/C32H34Cl2N8O/c1-32(2,3)17-37-28-18(10-35)11-36-29-22(28)8-19(9-26(29)34)38-30(21-6-4-5-7-25(21)33)27-14-42(40-39-27)31-23-12-41(13-24(23)31)20-15-43-16-20/h4-9,11,14,20,23-24,30-31,38H,12-13,15-17H2,1-3H3,(H,36,37)/t23-,24+,30?,31-/i30D. The number of hydrogen-bond acceptors (Lipinski definition) is 8. The Bertz CT molecular complexity index is 1770. The number of nitrogens with one attached hydrogen (secondary N) is 2. The summed E-state index contributed by atoms with van der Waals surface area (Å²) in [4.78, 5) is 7.00. The van der Waals surface area contributed by atoms with Crippen LogP contribution in [0, 0.1) is 28.6 Å². The van der Waals surface area contributed by atoms with E-state index in [1.807, 2.05) is 35.1 Å². The normalized spacial score (nSPS) is 23.6. The van der Waals surface area contributed by atoms with Gasteiger partial charge in [0.15, 0.2) is 0 Å². The van der Waals surface area contributed by atoms with Crippen molar-refractivity contribution in [2.24, 2.45) is 17.3 Å². The minimum Gasteiger partial charge on any atom is -0.383 e. The van der Waals surface area contributed by atoms with Gasteiger partial charge >= 0.3 is 0 Å². The van der Waals surface area contributed by atoms with Gasteiger partial charge in [-0.3, -0.25) is 9.88 Å². The van der Waals surface area contributed by atoms with Crippen LogP contribution < -0.4 is 10.6 Å². The largest absolute Gasteiger partial charge is 0.383 e. The van der Waals surface area contributed by atoms with E-state index >= 15 is 0 Å². The van der Waals surface area contributed by atoms with E-state index < -0.39 is 6.02 Å². The lowest BCUT2D eigenvalue weighted by molar-refractivity contribution is -0.0617. The quantitative estimate of drug-likeness (QED) is 0.242. The Labute approximate surface area is 262 Å². The summed E-state index contributed by atoms with van der Waals surface area (Å²) in [7, 11) is 0. The van der Waals surface area contributed by atoms with Crippen LogP contribution in [0.15, 0.2) is 48.8 Å². The third-order valence-corrected chi connectivity index (χ3v) is 9.26. The first kappa shape index (κ1) is 27.2. The summed E-state index contributed by atoms with van der Waals surface area (Å²) in [6.07, 6.45) is 3.41. The average molecular weight is 619 g/mol. The highest BCUT2D eigenvalue weighted by atomic mass is 35.5. The van der Waals surface area contributed by atoms with Gasteiger partial charge in [0, 0.05) is 53.8 Å². The first-order valence-electron chi connectivity index (χ1n) is 15.1. The Hall–Kier alpha value is -3.42. The van der Waals surface area contributed by atoms with E-state index in [1.54, 1.807) is 12.1 Å². The number of ether oxygens (including phenoxy) is 1. The Balaban J connectivity index is 1.24. The second-order valence-corrected chi connectivity index (χ2v) is 13.8. The van der Waals surface area contributed by atoms with E-state index in [9.17, 15) is 6.63 Å². The van der Waals surface area contributed by atoms with Gasteiger partial charge in [-0.1, -0.05) is 67.4 Å². The van der Waals surface area contributed by atoms with Crippen molar-refractivity contribution in [1.82, 2.24) is 24.9 Å². The van der Waals surface area contributed by atoms with Crippen LogP contribution in [0.1, 0.15) is 51.0 Å². The van der Waals surface area contributed by atoms with Crippen molar-refractivity contribution in [3.8, 4) is 6.07 Å². The fraction of sp³-hybridized carbons (Fsp3) is 0.438. The molecule has 0 radical (unpaired) electrons. The summed E-state index contributed by atoms with van der Waals surface area (Å²) in [6, 6.07) is 12.4. The highest BCUT2D eigenvalue weighted by Crippen LogP contribution is 2.55. The smallest absolute Gasteiger partial charge is 0.110 e. The van der Waals surface area contributed by atoms with Gasteiger partial charge in [0.1, 0.15) is 11.8 Å². The number of nitriles is 1. The molecule has 0 bridgehead atoms. The fourth-order valence-corrected chi connectivity index (χ4v) is 6.73. The number of likely N-dealkylation sites (tertiary alicyclic amines) is 1. The molecular formula is C32H34Cl2N8O. The highest BCUT2D eigenvalue weighted by molar-refractivity contribution is 6.36. The lowest BCUT2D eigenvalue weighted by Crippen LogP contribution is -2.49. The summed E-state index contributed by atoms with van der Waals surface area (Å²) in [5.41, 5.74) is 3.12. The van der Waals surface area contributed by atoms with Gasteiger partial charge in [0.2, 0.25) is 0 Å². The van der Waals surface area contributed by atoms with Crippen molar-refractivity contribution in [2.75, 3.05) is 43.5 Å². The second-order valence-electron chi connectivity index (χ2n) is 13.0. The maximum absolute atomic E-state index is 9.88. The van der Waals surface area contributed by atoms with Gasteiger partial charge < -0.3 is 15.4 Å². The molecule has 1 unspecified atom stereocenters. The van der Waals surface area contributed by atoms with Crippen molar-refractivity contribution in [3.63, 3.8) is 0 Å². The summed E-state index contributed by atoms with van der Waals surface area (Å²) in [5.74, 6) is 1.05. The molecule has 0 amide bonds. The van der Waals surface area contributed by atoms with Gasteiger partial charge in [-0.05, 0) is 29.2 Å². The topological polar surface area (TPSA) is 104 Å². The highest BCUT2D eigenvalue weighted by Gasteiger charge is 2.58. The van der Waals surface area contributed by atoms with Crippen LogP contribution in [-0.4, -0.2) is 63.8 Å². The number of aromatic nitrogens is 4. The average Bonchev–Trinajstić information content (AvgIpc) is 3.27. The van der Waals surface area contributed by atoms with Gasteiger partial charge in [-0.2, -0.15) is 5.26 Å². The third-order valence-electron chi connectivity index (χ3n) is 8.64. The van der Waals surface area contributed by atoms with Crippen molar-refractivity contribution in [2.45, 2.75) is 38.9 Å². The predicted molar refractivity (Wildman–Crippen MR) is 169 cm³/mol. The number of piperidine rings is 1. The maximum Gasteiger partial charge on any atom is 0.110 e. The number of rotatable bonds is 8. The third kappa shape index (κ3) is 5.42. The number of halogens is 2. The van der Waals surface area contributed by atoms with Gasteiger partial charge in [-0.15, -0.1) is 5.10 Å². The molecule has 2 aromatic heterocycles. The molecule has 3 fully saturated rings. The number of nitrogens with zero attached hydrogens (tertiary/aromatic N) is 6. The molecule has 11 heteroatoms. The van der Waals surface area contributed by atoms with E-state index in [1.165, 1.54) is 6.20 Å². The maximum atomic E-state index is 9.88. The summed E-state index contributed by atoms with van der Waals surface area (Å²) in [6.45, 7) is 10.7. The van der Waals surface area contributed by atoms with Gasteiger partial charge in [0.25, 0.3) is 0 Å². The molecule has 4 aromatic rings. The molecule has 43 heavy (non-hydrogen) atoms. The van der Waals surface area contributed by atoms with Gasteiger partial charge in [0.05, 0.1) is 60.7 Å². The van der Waals surface area contributed by atoms with Crippen molar-refractivity contribution >= 4 is 45.5 Å². The molecule has 2 N–H and O–H groups in total.